The van der Waals surface area contributed by atoms with E-state index in [4.69, 9.17) is 9.47 Å². The van der Waals surface area contributed by atoms with Crippen LogP contribution in [0.4, 0.5) is 0 Å². The lowest BCUT2D eigenvalue weighted by Gasteiger charge is -2.32. The molecule has 4 heteroatoms. The number of ether oxygens (including phenoxy) is 2. The van der Waals surface area contributed by atoms with E-state index in [0.29, 0.717) is 12.7 Å². The summed E-state index contributed by atoms with van der Waals surface area (Å²) in [7, 11) is 1.72. The van der Waals surface area contributed by atoms with Gasteiger partial charge in [0, 0.05) is 33.3 Å². The normalized spacial score (nSPS) is 20.2. The van der Waals surface area contributed by atoms with Gasteiger partial charge in [-0.3, -0.25) is 4.90 Å². The van der Waals surface area contributed by atoms with E-state index < -0.39 is 0 Å². The highest BCUT2D eigenvalue weighted by molar-refractivity contribution is 5.21. The lowest BCUT2D eigenvalue weighted by Crippen LogP contribution is -2.46. The van der Waals surface area contributed by atoms with Crippen LogP contribution in [0.2, 0.25) is 0 Å². The predicted octanol–water partition coefficient (Wildman–Crippen LogP) is 1.64. The molecule has 1 fully saturated rings. The van der Waals surface area contributed by atoms with E-state index in [-0.39, 0.29) is 0 Å². The molecule has 20 heavy (non-hydrogen) atoms. The molecule has 1 aliphatic rings. The van der Waals surface area contributed by atoms with Gasteiger partial charge in [-0.25, -0.2) is 0 Å². The van der Waals surface area contributed by atoms with E-state index in [1.165, 1.54) is 11.1 Å². The highest BCUT2D eigenvalue weighted by Gasteiger charge is 2.18. The number of hydrogen-bond acceptors (Lipinski definition) is 4. The number of methoxy groups -OCH3 is 1. The third-order valence-corrected chi connectivity index (χ3v) is 3.71. The third kappa shape index (κ3) is 4.87. The summed E-state index contributed by atoms with van der Waals surface area (Å²) < 4.78 is 10.9. The van der Waals surface area contributed by atoms with Crippen molar-refractivity contribution < 1.29 is 9.47 Å². The van der Waals surface area contributed by atoms with Gasteiger partial charge in [0.1, 0.15) is 0 Å². The lowest BCUT2D eigenvalue weighted by molar-refractivity contribution is -0.0253. The van der Waals surface area contributed by atoms with Crippen LogP contribution in [0.25, 0.3) is 0 Å². The molecule has 1 aromatic carbocycles. The van der Waals surface area contributed by atoms with Gasteiger partial charge in [0.25, 0.3) is 0 Å². The second kappa shape index (κ2) is 8.37. The molecule has 0 aromatic heterocycles. The van der Waals surface area contributed by atoms with Crippen molar-refractivity contribution in [2.24, 2.45) is 0 Å². The van der Waals surface area contributed by atoms with Crippen molar-refractivity contribution in [3.63, 3.8) is 0 Å². The second-order valence-corrected chi connectivity index (χ2v) is 5.27. The summed E-state index contributed by atoms with van der Waals surface area (Å²) in [5.41, 5.74) is 2.51. The van der Waals surface area contributed by atoms with Gasteiger partial charge < -0.3 is 14.8 Å². The quantitative estimate of drug-likeness (QED) is 0.822. The number of morpholine rings is 1. The predicted molar refractivity (Wildman–Crippen MR) is 80.7 cm³/mol. The number of nitrogens with one attached hydrogen (secondary N) is 1. The Bertz CT molecular complexity index is 381. The Balaban J connectivity index is 1.69. The van der Waals surface area contributed by atoms with E-state index in [2.05, 4.69) is 41.4 Å². The molecule has 1 N–H and O–H groups in total. The van der Waals surface area contributed by atoms with Crippen molar-refractivity contribution in [2.45, 2.75) is 26.2 Å². The van der Waals surface area contributed by atoms with Crippen LogP contribution in [0, 0.1) is 0 Å². The highest BCUT2D eigenvalue weighted by Crippen LogP contribution is 2.07. The summed E-state index contributed by atoms with van der Waals surface area (Å²) in [4.78, 5) is 2.44. The first kappa shape index (κ1) is 15.4. The molecular formula is C16H26N2O2. The van der Waals surface area contributed by atoms with Crippen LogP contribution in [-0.2, 0) is 22.6 Å². The average Bonchev–Trinajstić information content (AvgIpc) is 2.50. The number of benzene rings is 1. The molecule has 0 aliphatic carbocycles. The SMILES string of the molecule is CCN1CCOC(CNCc2ccc(COC)cc2)C1. The number of nitrogens with zero attached hydrogens (tertiary/aromatic N) is 1. The molecule has 0 bridgehead atoms. The third-order valence-electron chi connectivity index (χ3n) is 3.71. The molecular weight excluding hydrogens is 252 g/mol. The zero-order chi connectivity index (χ0) is 14.2. The van der Waals surface area contributed by atoms with Gasteiger partial charge in [0.05, 0.1) is 19.3 Å². The summed E-state index contributed by atoms with van der Waals surface area (Å²) >= 11 is 0. The second-order valence-electron chi connectivity index (χ2n) is 5.27. The van der Waals surface area contributed by atoms with E-state index in [1.54, 1.807) is 7.11 Å². The summed E-state index contributed by atoms with van der Waals surface area (Å²) in [5, 5.41) is 3.48. The minimum atomic E-state index is 0.316. The summed E-state index contributed by atoms with van der Waals surface area (Å²) in [6.07, 6.45) is 0.316. The Morgan fingerprint density at radius 1 is 1.30 bits per heavy atom. The van der Waals surface area contributed by atoms with Gasteiger partial charge in [-0.15, -0.1) is 0 Å². The molecule has 0 spiro atoms. The maximum Gasteiger partial charge on any atom is 0.0826 e. The van der Waals surface area contributed by atoms with Gasteiger partial charge in [0.15, 0.2) is 0 Å². The number of rotatable bonds is 7. The molecule has 1 unspecified atom stereocenters. The maximum atomic E-state index is 5.78. The fourth-order valence-corrected chi connectivity index (χ4v) is 2.49. The van der Waals surface area contributed by atoms with Crippen molar-refractivity contribution in [1.82, 2.24) is 10.2 Å². The molecule has 4 nitrogen and oxygen atoms in total. The first-order chi connectivity index (χ1) is 9.81. The van der Waals surface area contributed by atoms with Crippen LogP contribution < -0.4 is 5.32 Å². The van der Waals surface area contributed by atoms with Crippen LogP contribution in [0.15, 0.2) is 24.3 Å². The van der Waals surface area contributed by atoms with Gasteiger partial charge in [-0.2, -0.15) is 0 Å². The summed E-state index contributed by atoms with van der Waals surface area (Å²) in [6.45, 7) is 8.75. The van der Waals surface area contributed by atoms with Crippen LogP contribution in [-0.4, -0.2) is 50.9 Å². The van der Waals surface area contributed by atoms with Crippen molar-refractivity contribution in [2.75, 3.05) is 39.9 Å². The van der Waals surface area contributed by atoms with Crippen LogP contribution in [0.5, 0.6) is 0 Å². The Kier molecular flexibility index (Phi) is 6.47. The Morgan fingerprint density at radius 2 is 2.05 bits per heavy atom. The van der Waals surface area contributed by atoms with Crippen LogP contribution in [0.3, 0.4) is 0 Å². The Labute approximate surface area is 122 Å². The van der Waals surface area contributed by atoms with E-state index in [1.807, 2.05) is 0 Å². The fraction of sp³-hybridized carbons (Fsp3) is 0.625. The molecule has 1 saturated heterocycles. The monoisotopic (exact) mass is 278 g/mol. The van der Waals surface area contributed by atoms with Gasteiger partial charge in [-0.05, 0) is 17.7 Å². The number of hydrogen-bond donors (Lipinski definition) is 1. The van der Waals surface area contributed by atoms with Gasteiger partial charge in [-0.1, -0.05) is 31.2 Å². The topological polar surface area (TPSA) is 33.7 Å². The summed E-state index contributed by atoms with van der Waals surface area (Å²) in [6, 6.07) is 8.55. The molecule has 1 aromatic rings. The molecule has 1 heterocycles. The lowest BCUT2D eigenvalue weighted by atomic mass is 10.1. The average molecular weight is 278 g/mol. The zero-order valence-corrected chi connectivity index (χ0v) is 12.6. The standard InChI is InChI=1S/C16H26N2O2/c1-3-18-8-9-20-16(12-18)11-17-10-14-4-6-15(7-5-14)13-19-2/h4-7,16-17H,3,8-13H2,1-2H3. The highest BCUT2D eigenvalue weighted by atomic mass is 16.5. The van der Waals surface area contributed by atoms with E-state index >= 15 is 0 Å². The van der Waals surface area contributed by atoms with Crippen LogP contribution in [0.1, 0.15) is 18.1 Å². The minimum absolute atomic E-state index is 0.316. The van der Waals surface area contributed by atoms with Crippen LogP contribution >= 0.6 is 0 Å². The maximum absolute atomic E-state index is 5.78. The van der Waals surface area contributed by atoms with Gasteiger partial charge >= 0.3 is 0 Å². The molecule has 112 valence electrons. The van der Waals surface area contributed by atoms with Crippen molar-refractivity contribution in [3.05, 3.63) is 35.4 Å². The van der Waals surface area contributed by atoms with E-state index in [0.717, 1.165) is 39.3 Å². The number of likely N-dealkylation sites (N-methyl/N-ethyl adjacent to an activating group) is 1. The molecule has 0 amide bonds. The van der Waals surface area contributed by atoms with Gasteiger partial charge in [0.2, 0.25) is 0 Å². The Hall–Kier alpha value is -0.940. The summed E-state index contributed by atoms with van der Waals surface area (Å²) in [5.74, 6) is 0. The minimum Gasteiger partial charge on any atom is -0.380 e. The van der Waals surface area contributed by atoms with Crippen molar-refractivity contribution >= 4 is 0 Å². The smallest absolute Gasteiger partial charge is 0.0826 e. The molecule has 1 atom stereocenters. The Morgan fingerprint density at radius 3 is 2.75 bits per heavy atom. The first-order valence-corrected chi connectivity index (χ1v) is 7.43. The largest absolute Gasteiger partial charge is 0.380 e. The molecule has 0 saturated carbocycles. The first-order valence-electron chi connectivity index (χ1n) is 7.43. The van der Waals surface area contributed by atoms with E-state index in [9.17, 15) is 0 Å². The molecule has 1 aliphatic heterocycles. The zero-order valence-electron chi connectivity index (χ0n) is 12.6. The fourth-order valence-electron chi connectivity index (χ4n) is 2.49. The van der Waals surface area contributed by atoms with Crippen molar-refractivity contribution in [3.8, 4) is 0 Å². The van der Waals surface area contributed by atoms with Crippen molar-refractivity contribution in [1.29, 1.82) is 0 Å². The molecule has 0 radical (unpaired) electrons. The molecule has 2 rings (SSSR count).